The molecule has 3 amide bonds. The molecule has 0 radical (unpaired) electrons. The van der Waals surface area contributed by atoms with Gasteiger partial charge >= 0.3 is 0 Å². The lowest BCUT2D eigenvalue weighted by molar-refractivity contribution is -0.147. The van der Waals surface area contributed by atoms with Crippen molar-refractivity contribution in [1.82, 2.24) is 10.2 Å². The zero-order valence-corrected chi connectivity index (χ0v) is 10.4. The van der Waals surface area contributed by atoms with E-state index in [0.29, 0.717) is 6.42 Å². The average Bonchev–Trinajstić information content (AvgIpc) is 2.39. The molecule has 0 spiro atoms. The zero-order chi connectivity index (χ0) is 14.0. The normalized spacial score (nSPS) is 19.4. The van der Waals surface area contributed by atoms with Crippen molar-refractivity contribution in [2.24, 2.45) is 0 Å². The fourth-order valence-electron chi connectivity index (χ4n) is 1.94. The third-order valence-corrected chi connectivity index (χ3v) is 3.06. The molecule has 6 nitrogen and oxygen atoms in total. The minimum atomic E-state index is -0.697. The molecule has 1 unspecified atom stereocenters. The number of carbonyl (C=O) groups excluding carboxylic acids is 3. The maximum Gasteiger partial charge on any atom is 0.252 e. The Morgan fingerprint density at radius 2 is 2.16 bits per heavy atom. The number of hydrogen-bond acceptors (Lipinski definition) is 4. The van der Waals surface area contributed by atoms with Crippen molar-refractivity contribution in [3.63, 3.8) is 0 Å². The predicted octanol–water partition coefficient (Wildman–Crippen LogP) is 0.269. The van der Waals surface area contributed by atoms with Crippen LogP contribution in [-0.4, -0.2) is 40.8 Å². The zero-order valence-electron chi connectivity index (χ0n) is 10.4. The number of phenols is 1. The van der Waals surface area contributed by atoms with E-state index < -0.39 is 17.9 Å². The van der Waals surface area contributed by atoms with E-state index in [2.05, 4.69) is 5.32 Å². The van der Waals surface area contributed by atoms with Gasteiger partial charge in [0.2, 0.25) is 5.91 Å². The van der Waals surface area contributed by atoms with Crippen molar-refractivity contribution >= 4 is 17.7 Å². The summed E-state index contributed by atoms with van der Waals surface area (Å²) in [5.41, 5.74) is 0.271. The lowest BCUT2D eigenvalue weighted by atomic mass is 10.0. The van der Waals surface area contributed by atoms with E-state index in [-0.39, 0.29) is 23.6 Å². The molecule has 1 aliphatic heterocycles. The predicted molar refractivity (Wildman–Crippen MR) is 66.4 cm³/mol. The molecule has 1 fully saturated rings. The molecule has 0 saturated carbocycles. The molecule has 1 aromatic rings. The molecule has 2 rings (SSSR count). The second-order valence-corrected chi connectivity index (χ2v) is 4.41. The lowest BCUT2D eigenvalue weighted by Crippen LogP contribution is -2.52. The Morgan fingerprint density at radius 1 is 1.42 bits per heavy atom. The van der Waals surface area contributed by atoms with Crippen LogP contribution in [0.2, 0.25) is 0 Å². The van der Waals surface area contributed by atoms with E-state index in [1.807, 2.05) is 0 Å². The maximum absolute atomic E-state index is 11.9. The van der Waals surface area contributed by atoms with Gasteiger partial charge in [0.1, 0.15) is 11.8 Å². The molecular formula is C13H14N2O4. The van der Waals surface area contributed by atoms with Crippen LogP contribution < -0.4 is 5.32 Å². The van der Waals surface area contributed by atoms with Crippen molar-refractivity contribution in [2.45, 2.75) is 18.9 Å². The van der Waals surface area contributed by atoms with E-state index in [1.54, 1.807) is 6.07 Å². The first-order valence-corrected chi connectivity index (χ1v) is 5.89. The van der Waals surface area contributed by atoms with Gasteiger partial charge in [0.05, 0.1) is 0 Å². The van der Waals surface area contributed by atoms with Crippen LogP contribution in [0.4, 0.5) is 0 Å². The van der Waals surface area contributed by atoms with E-state index >= 15 is 0 Å². The van der Waals surface area contributed by atoms with Crippen LogP contribution in [0, 0.1) is 0 Å². The topological polar surface area (TPSA) is 86.7 Å². The fraction of sp³-hybridized carbons (Fsp3) is 0.308. The number of phenolic OH excluding ortho intramolecular Hbond substituents is 1. The highest BCUT2D eigenvalue weighted by Gasteiger charge is 2.32. The molecule has 1 heterocycles. The van der Waals surface area contributed by atoms with Gasteiger partial charge in [0, 0.05) is 19.0 Å². The molecular weight excluding hydrogens is 248 g/mol. The number of carbonyl (C=O) groups is 3. The summed E-state index contributed by atoms with van der Waals surface area (Å²) in [4.78, 5) is 36.1. The molecule has 0 bridgehead atoms. The Morgan fingerprint density at radius 3 is 2.84 bits per heavy atom. The first kappa shape index (κ1) is 13.1. The summed E-state index contributed by atoms with van der Waals surface area (Å²) >= 11 is 0. The van der Waals surface area contributed by atoms with Gasteiger partial charge in [-0.25, -0.2) is 0 Å². The van der Waals surface area contributed by atoms with E-state index in [9.17, 15) is 19.5 Å². The molecule has 6 heteroatoms. The first-order chi connectivity index (χ1) is 8.99. The quantitative estimate of drug-likeness (QED) is 0.749. The maximum atomic E-state index is 11.9. The average molecular weight is 262 g/mol. The van der Waals surface area contributed by atoms with Crippen molar-refractivity contribution in [2.75, 3.05) is 7.05 Å². The Bertz CT molecular complexity index is 541. The second kappa shape index (κ2) is 5.09. The molecule has 0 aliphatic carbocycles. The standard InChI is InChI=1S/C13H14N2O4/c1-15-11(17)6-5-10(13(15)19)14-12(18)8-3-2-4-9(16)7-8/h2-4,7,10,16H,5-6H2,1H3,(H,14,18). The summed E-state index contributed by atoms with van der Waals surface area (Å²) in [6.07, 6.45) is 0.528. The molecule has 100 valence electrons. The molecule has 0 aromatic heterocycles. The summed E-state index contributed by atoms with van der Waals surface area (Å²) in [5, 5.41) is 11.9. The number of piperidine rings is 1. The summed E-state index contributed by atoms with van der Waals surface area (Å²) in [7, 11) is 1.40. The summed E-state index contributed by atoms with van der Waals surface area (Å²) in [5.74, 6) is -1.12. The highest BCUT2D eigenvalue weighted by Crippen LogP contribution is 2.14. The van der Waals surface area contributed by atoms with Crippen LogP contribution in [0.3, 0.4) is 0 Å². The fourth-order valence-corrected chi connectivity index (χ4v) is 1.94. The van der Waals surface area contributed by atoms with Crippen molar-refractivity contribution in [3.05, 3.63) is 29.8 Å². The largest absolute Gasteiger partial charge is 0.508 e. The Balaban J connectivity index is 2.07. The minimum Gasteiger partial charge on any atom is -0.508 e. The van der Waals surface area contributed by atoms with Crippen LogP contribution >= 0.6 is 0 Å². The van der Waals surface area contributed by atoms with Gasteiger partial charge in [-0.15, -0.1) is 0 Å². The van der Waals surface area contributed by atoms with E-state index in [4.69, 9.17) is 0 Å². The van der Waals surface area contributed by atoms with Gasteiger partial charge in [-0.05, 0) is 24.6 Å². The lowest BCUT2D eigenvalue weighted by Gasteiger charge is -2.28. The van der Waals surface area contributed by atoms with Crippen LogP contribution in [0.5, 0.6) is 5.75 Å². The first-order valence-electron chi connectivity index (χ1n) is 5.89. The Kier molecular flexibility index (Phi) is 3.50. The highest BCUT2D eigenvalue weighted by atomic mass is 16.3. The van der Waals surface area contributed by atoms with Gasteiger partial charge in [0.25, 0.3) is 11.8 Å². The van der Waals surface area contributed by atoms with Gasteiger partial charge in [0.15, 0.2) is 0 Å². The van der Waals surface area contributed by atoms with Gasteiger partial charge in [-0.1, -0.05) is 6.07 Å². The molecule has 19 heavy (non-hydrogen) atoms. The number of amides is 3. The summed E-state index contributed by atoms with van der Waals surface area (Å²) in [6.45, 7) is 0. The molecule has 1 aromatic carbocycles. The third kappa shape index (κ3) is 2.73. The van der Waals surface area contributed by atoms with Gasteiger partial charge in [-0.2, -0.15) is 0 Å². The number of imide groups is 1. The molecule has 1 atom stereocenters. The summed E-state index contributed by atoms with van der Waals surface area (Å²) < 4.78 is 0. The Hall–Kier alpha value is -2.37. The Labute approximate surface area is 110 Å². The number of likely N-dealkylation sites (N-methyl/N-ethyl adjacent to an activating group) is 1. The number of nitrogens with zero attached hydrogens (tertiary/aromatic N) is 1. The second-order valence-electron chi connectivity index (χ2n) is 4.41. The summed E-state index contributed by atoms with van der Waals surface area (Å²) in [6, 6.07) is 5.16. The van der Waals surface area contributed by atoms with Crippen LogP contribution in [0.15, 0.2) is 24.3 Å². The number of rotatable bonds is 2. The van der Waals surface area contributed by atoms with E-state index in [0.717, 1.165) is 4.90 Å². The number of benzene rings is 1. The number of nitrogens with one attached hydrogen (secondary N) is 1. The molecule has 1 aliphatic rings. The molecule has 2 N–H and O–H groups in total. The number of aromatic hydroxyl groups is 1. The van der Waals surface area contributed by atoms with Crippen molar-refractivity contribution in [3.8, 4) is 5.75 Å². The number of hydrogen-bond donors (Lipinski definition) is 2. The van der Waals surface area contributed by atoms with Crippen LogP contribution in [0.1, 0.15) is 23.2 Å². The van der Waals surface area contributed by atoms with Crippen LogP contribution in [-0.2, 0) is 9.59 Å². The molecule has 1 saturated heterocycles. The third-order valence-electron chi connectivity index (χ3n) is 3.06. The van der Waals surface area contributed by atoms with Gasteiger partial charge < -0.3 is 10.4 Å². The van der Waals surface area contributed by atoms with Crippen molar-refractivity contribution in [1.29, 1.82) is 0 Å². The van der Waals surface area contributed by atoms with Gasteiger partial charge in [-0.3, -0.25) is 19.3 Å². The SMILES string of the molecule is CN1C(=O)CCC(NC(=O)c2cccc(O)c2)C1=O. The minimum absolute atomic E-state index is 0.0186. The van der Waals surface area contributed by atoms with E-state index in [1.165, 1.54) is 25.2 Å². The highest BCUT2D eigenvalue weighted by molar-refractivity contribution is 6.03. The smallest absolute Gasteiger partial charge is 0.252 e. The number of likely N-dealkylation sites (tertiary alicyclic amines) is 1. The van der Waals surface area contributed by atoms with Crippen molar-refractivity contribution < 1.29 is 19.5 Å². The monoisotopic (exact) mass is 262 g/mol. The van der Waals surface area contributed by atoms with Crippen LogP contribution in [0.25, 0.3) is 0 Å².